The summed E-state index contributed by atoms with van der Waals surface area (Å²) >= 11 is 6.04. The molecule has 0 radical (unpaired) electrons. The average Bonchev–Trinajstić information content (AvgIpc) is 2.93. The first-order valence-electron chi connectivity index (χ1n) is 5.97. The molecule has 0 aliphatic carbocycles. The van der Waals surface area contributed by atoms with Crippen molar-refractivity contribution in [3.05, 3.63) is 46.7 Å². The van der Waals surface area contributed by atoms with Crippen LogP contribution < -0.4 is 10.1 Å². The van der Waals surface area contributed by atoms with Crippen LogP contribution in [0.5, 0.6) is 5.75 Å². The summed E-state index contributed by atoms with van der Waals surface area (Å²) in [6.07, 6.45) is 0. The molecule has 0 aliphatic heterocycles. The first-order valence-corrected chi connectivity index (χ1v) is 6.35. The number of hydrogen-bond donors (Lipinski definition) is 2. The van der Waals surface area contributed by atoms with Crippen LogP contribution in [0, 0.1) is 0 Å². The quantitative estimate of drug-likeness (QED) is 0.832. The summed E-state index contributed by atoms with van der Waals surface area (Å²) in [6, 6.07) is 8.95. The number of benzene rings is 1. The van der Waals surface area contributed by atoms with Crippen molar-refractivity contribution in [2.45, 2.75) is 6.54 Å². The van der Waals surface area contributed by atoms with Crippen LogP contribution in [0.15, 0.2) is 30.3 Å². The van der Waals surface area contributed by atoms with Gasteiger partial charge in [-0.25, -0.2) is 4.79 Å². The lowest BCUT2D eigenvalue weighted by molar-refractivity contribution is 0.0594. The molecule has 0 unspecified atom stereocenters. The standard InChI is InChI=1S/C14H15ClN2O3/c1-19-13-6-4-9(7-11(13)15)16-8-10-3-5-12(17-10)14(18)20-2/h3-7,16-17H,8H2,1-2H3. The van der Waals surface area contributed by atoms with Gasteiger partial charge in [0.05, 0.1) is 25.8 Å². The van der Waals surface area contributed by atoms with E-state index in [1.165, 1.54) is 7.11 Å². The summed E-state index contributed by atoms with van der Waals surface area (Å²) in [5, 5.41) is 3.74. The maximum absolute atomic E-state index is 11.3. The topological polar surface area (TPSA) is 63.4 Å². The third kappa shape index (κ3) is 3.24. The molecule has 0 saturated carbocycles. The maximum atomic E-state index is 11.3. The summed E-state index contributed by atoms with van der Waals surface area (Å²) in [7, 11) is 2.92. The number of anilines is 1. The molecular formula is C14H15ClN2O3. The number of carbonyl (C=O) groups is 1. The minimum absolute atomic E-state index is 0.385. The van der Waals surface area contributed by atoms with Crippen LogP contribution in [-0.2, 0) is 11.3 Å². The lowest BCUT2D eigenvalue weighted by Gasteiger charge is -2.08. The van der Waals surface area contributed by atoms with E-state index in [0.717, 1.165) is 11.4 Å². The van der Waals surface area contributed by atoms with Gasteiger partial charge in [-0.1, -0.05) is 11.6 Å². The summed E-state index contributed by atoms with van der Waals surface area (Å²) in [6.45, 7) is 0.541. The van der Waals surface area contributed by atoms with E-state index in [9.17, 15) is 4.79 Å². The lowest BCUT2D eigenvalue weighted by Crippen LogP contribution is -2.03. The molecule has 0 bridgehead atoms. The molecular weight excluding hydrogens is 280 g/mol. The highest BCUT2D eigenvalue weighted by Crippen LogP contribution is 2.27. The first kappa shape index (κ1) is 14.3. The first-order chi connectivity index (χ1) is 9.63. The predicted molar refractivity (Wildman–Crippen MR) is 77.5 cm³/mol. The number of carbonyl (C=O) groups excluding carboxylic acids is 1. The van der Waals surface area contributed by atoms with Gasteiger partial charge in [0.2, 0.25) is 0 Å². The Morgan fingerprint density at radius 2 is 2.10 bits per heavy atom. The fourth-order valence-electron chi connectivity index (χ4n) is 1.75. The van der Waals surface area contributed by atoms with Crippen LogP contribution in [0.25, 0.3) is 0 Å². The van der Waals surface area contributed by atoms with Gasteiger partial charge in [-0.15, -0.1) is 0 Å². The number of halogens is 1. The number of methoxy groups -OCH3 is 2. The summed E-state index contributed by atoms with van der Waals surface area (Å²) in [5.74, 6) is 0.244. The van der Waals surface area contributed by atoms with E-state index in [0.29, 0.717) is 23.0 Å². The zero-order valence-corrected chi connectivity index (χ0v) is 12.0. The van der Waals surface area contributed by atoms with Crippen LogP contribution in [0.3, 0.4) is 0 Å². The Kier molecular flexibility index (Phi) is 4.53. The van der Waals surface area contributed by atoms with E-state index in [2.05, 4.69) is 15.0 Å². The smallest absolute Gasteiger partial charge is 0.354 e. The molecule has 1 aromatic carbocycles. The second-order valence-electron chi connectivity index (χ2n) is 4.09. The van der Waals surface area contributed by atoms with E-state index in [-0.39, 0.29) is 5.97 Å². The lowest BCUT2D eigenvalue weighted by atomic mass is 10.3. The molecule has 106 valence electrons. The van der Waals surface area contributed by atoms with Gasteiger partial charge in [0, 0.05) is 11.4 Å². The molecule has 0 spiro atoms. The Morgan fingerprint density at radius 3 is 2.75 bits per heavy atom. The number of H-pyrrole nitrogens is 1. The number of esters is 1. The molecule has 0 saturated heterocycles. The molecule has 6 heteroatoms. The molecule has 1 heterocycles. The van der Waals surface area contributed by atoms with E-state index >= 15 is 0 Å². The molecule has 0 aliphatic rings. The van der Waals surface area contributed by atoms with Gasteiger partial charge in [-0.05, 0) is 30.3 Å². The number of rotatable bonds is 5. The van der Waals surface area contributed by atoms with Crippen molar-refractivity contribution in [1.82, 2.24) is 4.98 Å². The van der Waals surface area contributed by atoms with Gasteiger partial charge < -0.3 is 19.8 Å². The highest BCUT2D eigenvalue weighted by molar-refractivity contribution is 6.32. The van der Waals surface area contributed by atoms with Gasteiger partial charge in [0.15, 0.2) is 0 Å². The van der Waals surface area contributed by atoms with Gasteiger partial charge in [-0.3, -0.25) is 0 Å². The second kappa shape index (κ2) is 6.34. The number of nitrogens with one attached hydrogen (secondary N) is 2. The van der Waals surface area contributed by atoms with Crippen LogP contribution >= 0.6 is 11.6 Å². The minimum atomic E-state index is -0.385. The Morgan fingerprint density at radius 1 is 1.30 bits per heavy atom. The van der Waals surface area contributed by atoms with Crippen molar-refractivity contribution < 1.29 is 14.3 Å². The highest BCUT2D eigenvalue weighted by atomic mass is 35.5. The van der Waals surface area contributed by atoms with Crippen molar-refractivity contribution >= 4 is 23.3 Å². The van der Waals surface area contributed by atoms with E-state index in [4.69, 9.17) is 16.3 Å². The fourth-order valence-corrected chi connectivity index (χ4v) is 2.00. The molecule has 20 heavy (non-hydrogen) atoms. The summed E-state index contributed by atoms with van der Waals surface area (Å²) in [5.41, 5.74) is 2.17. The van der Waals surface area contributed by atoms with Gasteiger partial charge in [0.1, 0.15) is 11.4 Å². The summed E-state index contributed by atoms with van der Waals surface area (Å²) in [4.78, 5) is 14.3. The third-order valence-corrected chi connectivity index (χ3v) is 3.08. The molecule has 0 atom stereocenters. The minimum Gasteiger partial charge on any atom is -0.495 e. The number of aromatic nitrogens is 1. The average molecular weight is 295 g/mol. The van der Waals surface area contributed by atoms with Crippen LogP contribution in [-0.4, -0.2) is 25.2 Å². The molecule has 2 aromatic rings. The van der Waals surface area contributed by atoms with Gasteiger partial charge in [-0.2, -0.15) is 0 Å². The molecule has 2 rings (SSSR count). The van der Waals surface area contributed by atoms with Crippen molar-refractivity contribution in [3.63, 3.8) is 0 Å². The Balaban J connectivity index is 2.00. The molecule has 0 fully saturated rings. The van der Waals surface area contributed by atoms with Crippen LogP contribution in [0.2, 0.25) is 5.02 Å². The fraction of sp³-hybridized carbons (Fsp3) is 0.214. The maximum Gasteiger partial charge on any atom is 0.354 e. The normalized spacial score (nSPS) is 10.2. The number of hydrogen-bond acceptors (Lipinski definition) is 4. The largest absolute Gasteiger partial charge is 0.495 e. The molecule has 0 amide bonds. The zero-order chi connectivity index (χ0) is 14.5. The molecule has 2 N–H and O–H groups in total. The van der Waals surface area contributed by atoms with Crippen molar-refractivity contribution in [1.29, 1.82) is 0 Å². The Labute approximate surface area is 121 Å². The van der Waals surface area contributed by atoms with Crippen molar-refractivity contribution in [3.8, 4) is 5.75 Å². The SMILES string of the molecule is COC(=O)c1ccc(CNc2ccc(OC)c(Cl)c2)[nH]1. The van der Waals surface area contributed by atoms with Crippen LogP contribution in [0.1, 0.15) is 16.2 Å². The molecule has 1 aromatic heterocycles. The van der Waals surface area contributed by atoms with E-state index in [1.807, 2.05) is 12.1 Å². The monoisotopic (exact) mass is 294 g/mol. The van der Waals surface area contributed by atoms with E-state index < -0.39 is 0 Å². The van der Waals surface area contributed by atoms with E-state index in [1.54, 1.807) is 25.3 Å². The number of aromatic amines is 1. The number of ether oxygens (including phenoxy) is 2. The third-order valence-electron chi connectivity index (χ3n) is 2.79. The zero-order valence-electron chi connectivity index (χ0n) is 11.2. The highest BCUT2D eigenvalue weighted by Gasteiger charge is 2.08. The Hall–Kier alpha value is -2.14. The van der Waals surface area contributed by atoms with Gasteiger partial charge >= 0.3 is 5.97 Å². The van der Waals surface area contributed by atoms with Crippen molar-refractivity contribution in [2.75, 3.05) is 19.5 Å². The van der Waals surface area contributed by atoms with Crippen molar-refractivity contribution in [2.24, 2.45) is 0 Å². The Bertz CT molecular complexity index is 610. The molecule has 5 nitrogen and oxygen atoms in total. The van der Waals surface area contributed by atoms with Gasteiger partial charge in [0.25, 0.3) is 0 Å². The van der Waals surface area contributed by atoms with Crippen LogP contribution in [0.4, 0.5) is 5.69 Å². The summed E-state index contributed by atoms with van der Waals surface area (Å²) < 4.78 is 9.72. The predicted octanol–water partition coefficient (Wildman–Crippen LogP) is 3.08. The second-order valence-corrected chi connectivity index (χ2v) is 4.50.